The highest BCUT2D eigenvalue weighted by atomic mass is 35.5. The van der Waals surface area contributed by atoms with Crippen molar-refractivity contribution in [2.75, 3.05) is 0 Å². The number of hydrogen-bond donors (Lipinski definition) is 2. The lowest BCUT2D eigenvalue weighted by Gasteiger charge is -2.17. The van der Waals surface area contributed by atoms with E-state index in [1.807, 2.05) is 18.3 Å². The zero-order valence-electron chi connectivity index (χ0n) is 12.1. The van der Waals surface area contributed by atoms with Gasteiger partial charge in [0, 0.05) is 29.3 Å². The predicted molar refractivity (Wildman–Crippen MR) is 89.6 cm³/mol. The molecule has 0 aliphatic rings. The Labute approximate surface area is 130 Å². The molecule has 1 unspecified atom stereocenters. The van der Waals surface area contributed by atoms with Gasteiger partial charge in [-0.1, -0.05) is 42.8 Å². The predicted octanol–water partition coefficient (Wildman–Crippen LogP) is 5.06. The topological polar surface area (TPSA) is 27.8 Å². The van der Waals surface area contributed by atoms with E-state index in [1.165, 1.54) is 22.0 Å². The van der Waals surface area contributed by atoms with E-state index in [4.69, 9.17) is 11.6 Å². The lowest BCUT2D eigenvalue weighted by atomic mass is 10.0. The molecule has 3 heteroatoms. The van der Waals surface area contributed by atoms with Gasteiger partial charge >= 0.3 is 0 Å². The van der Waals surface area contributed by atoms with Crippen molar-refractivity contribution in [3.05, 3.63) is 70.9 Å². The van der Waals surface area contributed by atoms with Gasteiger partial charge in [-0.25, -0.2) is 0 Å². The van der Waals surface area contributed by atoms with Gasteiger partial charge in [0.2, 0.25) is 0 Å². The first-order valence-corrected chi connectivity index (χ1v) is 7.69. The minimum atomic E-state index is 0.349. The van der Waals surface area contributed by atoms with Crippen LogP contribution in [-0.2, 0) is 6.54 Å². The summed E-state index contributed by atoms with van der Waals surface area (Å²) in [6.45, 7) is 3.05. The van der Waals surface area contributed by atoms with Gasteiger partial charge in [0.15, 0.2) is 0 Å². The average molecular weight is 299 g/mol. The van der Waals surface area contributed by atoms with E-state index < -0.39 is 0 Å². The molecule has 0 amide bonds. The van der Waals surface area contributed by atoms with Crippen LogP contribution in [-0.4, -0.2) is 4.98 Å². The van der Waals surface area contributed by atoms with Crippen molar-refractivity contribution in [3.63, 3.8) is 0 Å². The maximum absolute atomic E-state index is 5.95. The number of aromatic amines is 1. The maximum Gasteiger partial charge on any atom is 0.0457 e. The molecule has 2 nitrogen and oxygen atoms in total. The second-order valence-electron chi connectivity index (χ2n) is 5.29. The fourth-order valence-electron chi connectivity index (χ4n) is 2.64. The monoisotopic (exact) mass is 298 g/mol. The molecule has 0 aliphatic carbocycles. The molecule has 2 N–H and O–H groups in total. The van der Waals surface area contributed by atoms with Crippen LogP contribution < -0.4 is 5.32 Å². The minimum Gasteiger partial charge on any atom is -0.361 e. The third-order valence-corrected chi connectivity index (χ3v) is 4.10. The van der Waals surface area contributed by atoms with Crippen LogP contribution in [0.2, 0.25) is 5.02 Å². The molecule has 0 saturated carbocycles. The molecule has 108 valence electrons. The molecule has 2 aromatic carbocycles. The highest BCUT2D eigenvalue weighted by molar-refractivity contribution is 6.30. The van der Waals surface area contributed by atoms with Crippen molar-refractivity contribution in [2.24, 2.45) is 0 Å². The number of H-pyrrole nitrogens is 1. The summed E-state index contributed by atoms with van der Waals surface area (Å²) < 4.78 is 0. The van der Waals surface area contributed by atoms with Gasteiger partial charge in [0.1, 0.15) is 0 Å². The number of fused-ring (bicyclic) bond motifs is 1. The van der Waals surface area contributed by atoms with Crippen LogP contribution in [0.4, 0.5) is 0 Å². The first-order chi connectivity index (χ1) is 10.3. The van der Waals surface area contributed by atoms with Crippen LogP contribution >= 0.6 is 11.6 Å². The highest BCUT2D eigenvalue weighted by Crippen LogP contribution is 2.20. The number of aromatic nitrogens is 1. The Morgan fingerprint density at radius 2 is 1.90 bits per heavy atom. The standard InChI is InChI=1S/C18H19ClN2/c1-2-17(14-5-7-16(19)8-6-14)21-12-13-3-4-15-9-10-20-18(15)11-13/h3-11,17,20-21H,2,12H2,1H3. The molecular weight excluding hydrogens is 280 g/mol. The Bertz CT molecular complexity index is 715. The molecule has 1 heterocycles. The van der Waals surface area contributed by atoms with Gasteiger partial charge in [-0.3, -0.25) is 0 Å². The lowest BCUT2D eigenvalue weighted by molar-refractivity contribution is 0.519. The summed E-state index contributed by atoms with van der Waals surface area (Å²) in [4.78, 5) is 3.26. The normalized spacial score (nSPS) is 12.7. The van der Waals surface area contributed by atoms with Gasteiger partial charge in [0.05, 0.1) is 0 Å². The lowest BCUT2D eigenvalue weighted by Crippen LogP contribution is -2.20. The molecule has 3 aromatic rings. The van der Waals surface area contributed by atoms with E-state index in [-0.39, 0.29) is 0 Å². The summed E-state index contributed by atoms with van der Waals surface area (Å²) in [5.41, 5.74) is 3.76. The van der Waals surface area contributed by atoms with Gasteiger partial charge in [-0.15, -0.1) is 0 Å². The third-order valence-electron chi connectivity index (χ3n) is 3.85. The van der Waals surface area contributed by atoms with E-state index in [0.29, 0.717) is 6.04 Å². The fourth-order valence-corrected chi connectivity index (χ4v) is 2.76. The summed E-state index contributed by atoms with van der Waals surface area (Å²) in [5, 5.41) is 5.66. The van der Waals surface area contributed by atoms with Crippen LogP contribution in [0.3, 0.4) is 0 Å². The number of halogens is 1. The van der Waals surface area contributed by atoms with E-state index in [1.54, 1.807) is 0 Å². The summed E-state index contributed by atoms with van der Waals surface area (Å²) in [6, 6.07) is 17.1. The zero-order chi connectivity index (χ0) is 14.7. The van der Waals surface area contributed by atoms with Gasteiger partial charge in [0.25, 0.3) is 0 Å². The zero-order valence-corrected chi connectivity index (χ0v) is 12.8. The van der Waals surface area contributed by atoms with E-state index >= 15 is 0 Å². The summed E-state index contributed by atoms with van der Waals surface area (Å²) in [6.07, 6.45) is 3.02. The van der Waals surface area contributed by atoms with Crippen molar-refractivity contribution in [3.8, 4) is 0 Å². The molecule has 0 aliphatic heterocycles. The number of hydrogen-bond acceptors (Lipinski definition) is 1. The van der Waals surface area contributed by atoms with Crippen LogP contribution in [0.1, 0.15) is 30.5 Å². The second-order valence-corrected chi connectivity index (χ2v) is 5.73. The largest absolute Gasteiger partial charge is 0.361 e. The van der Waals surface area contributed by atoms with Crippen molar-refractivity contribution in [2.45, 2.75) is 25.9 Å². The average Bonchev–Trinajstić information content (AvgIpc) is 2.97. The van der Waals surface area contributed by atoms with Crippen molar-refractivity contribution in [1.29, 1.82) is 0 Å². The highest BCUT2D eigenvalue weighted by Gasteiger charge is 2.08. The van der Waals surface area contributed by atoms with Crippen LogP contribution in [0.5, 0.6) is 0 Å². The van der Waals surface area contributed by atoms with E-state index in [0.717, 1.165) is 18.0 Å². The van der Waals surface area contributed by atoms with Crippen molar-refractivity contribution < 1.29 is 0 Å². The Hall–Kier alpha value is -1.77. The summed E-state index contributed by atoms with van der Waals surface area (Å²) in [7, 11) is 0. The molecule has 3 rings (SSSR count). The molecule has 0 fully saturated rings. The van der Waals surface area contributed by atoms with Gasteiger partial charge in [-0.05, 0) is 47.2 Å². The summed E-state index contributed by atoms with van der Waals surface area (Å²) >= 11 is 5.95. The Morgan fingerprint density at radius 3 is 2.67 bits per heavy atom. The third kappa shape index (κ3) is 3.29. The van der Waals surface area contributed by atoms with Crippen LogP contribution in [0.15, 0.2) is 54.7 Å². The number of nitrogens with one attached hydrogen (secondary N) is 2. The van der Waals surface area contributed by atoms with Crippen LogP contribution in [0, 0.1) is 0 Å². The Kier molecular flexibility index (Phi) is 4.28. The van der Waals surface area contributed by atoms with E-state index in [2.05, 4.69) is 53.6 Å². The van der Waals surface area contributed by atoms with Crippen molar-refractivity contribution >= 4 is 22.5 Å². The molecule has 0 spiro atoms. The molecule has 21 heavy (non-hydrogen) atoms. The first-order valence-electron chi connectivity index (χ1n) is 7.31. The summed E-state index contributed by atoms with van der Waals surface area (Å²) in [5.74, 6) is 0. The molecule has 1 atom stereocenters. The fraction of sp³-hybridized carbons (Fsp3) is 0.222. The molecule has 1 aromatic heterocycles. The maximum atomic E-state index is 5.95. The molecule has 0 radical (unpaired) electrons. The van der Waals surface area contributed by atoms with Crippen LogP contribution in [0.25, 0.3) is 10.9 Å². The van der Waals surface area contributed by atoms with Gasteiger partial charge in [-0.2, -0.15) is 0 Å². The Morgan fingerprint density at radius 1 is 1.10 bits per heavy atom. The number of benzene rings is 2. The molecule has 0 saturated heterocycles. The van der Waals surface area contributed by atoms with E-state index in [9.17, 15) is 0 Å². The Balaban J connectivity index is 1.70. The quantitative estimate of drug-likeness (QED) is 0.677. The first kappa shape index (κ1) is 14.2. The van der Waals surface area contributed by atoms with Gasteiger partial charge < -0.3 is 10.3 Å². The molecule has 0 bridgehead atoms. The minimum absolute atomic E-state index is 0.349. The number of rotatable bonds is 5. The SMILES string of the molecule is CCC(NCc1ccc2cc[nH]c2c1)c1ccc(Cl)cc1. The molecular formula is C18H19ClN2. The smallest absolute Gasteiger partial charge is 0.0457 e. The van der Waals surface area contributed by atoms with Crippen molar-refractivity contribution in [1.82, 2.24) is 10.3 Å². The second kappa shape index (κ2) is 6.33.